The van der Waals surface area contributed by atoms with Crippen molar-refractivity contribution in [2.24, 2.45) is 0 Å². The summed E-state index contributed by atoms with van der Waals surface area (Å²) in [6.45, 7) is 1.88. The van der Waals surface area contributed by atoms with Gasteiger partial charge < -0.3 is 4.74 Å². The minimum absolute atomic E-state index is 0.194. The molecule has 0 aliphatic carbocycles. The number of rotatable bonds is 4. The van der Waals surface area contributed by atoms with Gasteiger partial charge in [0.2, 0.25) is 0 Å². The summed E-state index contributed by atoms with van der Waals surface area (Å²) in [5.41, 5.74) is 3.46. The Morgan fingerprint density at radius 2 is 1.68 bits per heavy atom. The number of esters is 1. The predicted octanol–water partition coefficient (Wildman–Crippen LogP) is 3.55. The summed E-state index contributed by atoms with van der Waals surface area (Å²) in [7, 11) is 1.43. The molecular weight excluding hydrogens is 236 g/mol. The van der Waals surface area contributed by atoms with E-state index in [0.29, 0.717) is 0 Å². The van der Waals surface area contributed by atoms with Crippen LogP contribution in [0.5, 0.6) is 0 Å². The minimum Gasteiger partial charge on any atom is -0.469 e. The Kier molecular flexibility index (Phi) is 4.35. The number of carbonyl (C=O) groups is 1. The summed E-state index contributed by atoms with van der Waals surface area (Å²) in [5.74, 6) is -0.426. The van der Waals surface area contributed by atoms with Crippen molar-refractivity contribution in [3.63, 3.8) is 0 Å². The molecule has 0 aliphatic rings. The van der Waals surface area contributed by atoms with E-state index >= 15 is 0 Å². The molecule has 0 bridgehead atoms. The van der Waals surface area contributed by atoms with E-state index in [1.165, 1.54) is 18.2 Å². The predicted molar refractivity (Wildman–Crippen MR) is 76.1 cm³/mol. The van der Waals surface area contributed by atoms with Crippen molar-refractivity contribution in [1.82, 2.24) is 0 Å². The van der Waals surface area contributed by atoms with Crippen LogP contribution in [-0.4, -0.2) is 13.1 Å². The number of methoxy groups -OCH3 is 1. The number of carbonyl (C=O) groups excluding carboxylic acids is 1. The van der Waals surface area contributed by atoms with Gasteiger partial charge in [0.1, 0.15) is 0 Å². The third kappa shape index (κ3) is 3.22. The molecule has 2 aromatic rings. The maximum absolute atomic E-state index is 11.7. The first-order valence-electron chi connectivity index (χ1n) is 6.42. The highest BCUT2D eigenvalue weighted by molar-refractivity contribution is 5.78. The third-order valence-electron chi connectivity index (χ3n) is 3.31. The number of hydrogen-bond acceptors (Lipinski definition) is 2. The first-order valence-corrected chi connectivity index (χ1v) is 6.42. The molecule has 2 rings (SSSR count). The average Bonchev–Trinajstić information content (AvgIpc) is 2.47. The van der Waals surface area contributed by atoms with Crippen LogP contribution in [0, 0.1) is 0 Å². The monoisotopic (exact) mass is 254 g/mol. The van der Waals surface area contributed by atoms with Gasteiger partial charge in [-0.1, -0.05) is 54.6 Å². The molecule has 0 fully saturated rings. The second kappa shape index (κ2) is 6.19. The summed E-state index contributed by atoms with van der Waals surface area (Å²) >= 11 is 0. The van der Waals surface area contributed by atoms with E-state index in [1.807, 2.05) is 43.3 Å². The zero-order valence-corrected chi connectivity index (χ0v) is 11.3. The molecule has 1 unspecified atom stereocenters. The SMILES string of the molecule is COC(=O)C(C)c1ccccc1Cc1ccccc1. The van der Waals surface area contributed by atoms with Crippen LogP contribution in [0.15, 0.2) is 54.6 Å². The van der Waals surface area contributed by atoms with Crippen LogP contribution in [0.4, 0.5) is 0 Å². The smallest absolute Gasteiger partial charge is 0.312 e. The van der Waals surface area contributed by atoms with Crippen molar-refractivity contribution in [1.29, 1.82) is 0 Å². The summed E-state index contributed by atoms with van der Waals surface area (Å²) in [4.78, 5) is 11.7. The molecule has 0 saturated heterocycles. The third-order valence-corrected chi connectivity index (χ3v) is 3.31. The van der Waals surface area contributed by atoms with Crippen molar-refractivity contribution in [2.45, 2.75) is 19.3 Å². The van der Waals surface area contributed by atoms with Crippen LogP contribution in [0.3, 0.4) is 0 Å². The Morgan fingerprint density at radius 3 is 2.37 bits per heavy atom. The number of benzene rings is 2. The summed E-state index contributed by atoms with van der Waals surface area (Å²) in [6, 6.07) is 18.3. The van der Waals surface area contributed by atoms with Gasteiger partial charge in [0.25, 0.3) is 0 Å². The van der Waals surface area contributed by atoms with Gasteiger partial charge in [-0.15, -0.1) is 0 Å². The lowest BCUT2D eigenvalue weighted by Gasteiger charge is -2.14. The van der Waals surface area contributed by atoms with Gasteiger partial charge in [-0.3, -0.25) is 4.79 Å². The van der Waals surface area contributed by atoms with E-state index in [-0.39, 0.29) is 11.9 Å². The molecule has 0 saturated carbocycles. The van der Waals surface area contributed by atoms with Crippen LogP contribution >= 0.6 is 0 Å². The van der Waals surface area contributed by atoms with Gasteiger partial charge in [0.05, 0.1) is 13.0 Å². The van der Waals surface area contributed by atoms with Crippen molar-refractivity contribution in [3.8, 4) is 0 Å². The Hall–Kier alpha value is -2.09. The molecule has 0 N–H and O–H groups in total. The molecule has 0 heterocycles. The summed E-state index contributed by atoms with van der Waals surface area (Å²) in [5, 5.41) is 0. The molecule has 19 heavy (non-hydrogen) atoms. The van der Waals surface area contributed by atoms with Gasteiger partial charge in [-0.25, -0.2) is 0 Å². The van der Waals surface area contributed by atoms with Crippen LogP contribution < -0.4 is 0 Å². The molecule has 0 radical (unpaired) electrons. The lowest BCUT2D eigenvalue weighted by atomic mass is 9.92. The average molecular weight is 254 g/mol. The molecule has 2 heteroatoms. The van der Waals surface area contributed by atoms with Crippen molar-refractivity contribution in [2.75, 3.05) is 7.11 Å². The van der Waals surface area contributed by atoms with E-state index in [0.717, 1.165) is 12.0 Å². The highest BCUT2D eigenvalue weighted by Gasteiger charge is 2.18. The van der Waals surface area contributed by atoms with E-state index in [2.05, 4.69) is 18.2 Å². The van der Waals surface area contributed by atoms with Crippen molar-refractivity contribution in [3.05, 3.63) is 71.3 Å². The quantitative estimate of drug-likeness (QED) is 0.780. The van der Waals surface area contributed by atoms with Crippen LogP contribution in [0.1, 0.15) is 29.5 Å². The van der Waals surface area contributed by atoms with Gasteiger partial charge in [0.15, 0.2) is 0 Å². The lowest BCUT2D eigenvalue weighted by Crippen LogP contribution is -2.12. The van der Waals surface area contributed by atoms with Gasteiger partial charge in [-0.05, 0) is 30.0 Å². The first-order chi connectivity index (χ1) is 9.22. The van der Waals surface area contributed by atoms with Crippen LogP contribution in [0.25, 0.3) is 0 Å². The van der Waals surface area contributed by atoms with Gasteiger partial charge in [0, 0.05) is 0 Å². The molecule has 2 aromatic carbocycles. The van der Waals surface area contributed by atoms with Crippen LogP contribution in [-0.2, 0) is 16.0 Å². The zero-order chi connectivity index (χ0) is 13.7. The molecule has 1 atom stereocenters. The van der Waals surface area contributed by atoms with Crippen molar-refractivity contribution >= 4 is 5.97 Å². The standard InChI is InChI=1S/C17H18O2/c1-13(17(18)19-2)16-11-7-6-10-15(16)12-14-8-4-3-5-9-14/h3-11,13H,12H2,1-2H3. The Morgan fingerprint density at radius 1 is 1.05 bits per heavy atom. The molecule has 0 aromatic heterocycles. The van der Waals surface area contributed by atoms with Gasteiger partial charge >= 0.3 is 5.97 Å². The minimum atomic E-state index is -0.232. The first kappa shape index (κ1) is 13.3. The van der Waals surface area contributed by atoms with Crippen LogP contribution in [0.2, 0.25) is 0 Å². The Balaban J connectivity index is 2.29. The maximum Gasteiger partial charge on any atom is 0.312 e. The molecule has 0 amide bonds. The summed E-state index contributed by atoms with van der Waals surface area (Å²) < 4.78 is 4.83. The van der Waals surface area contributed by atoms with E-state index in [9.17, 15) is 4.79 Å². The highest BCUT2D eigenvalue weighted by Crippen LogP contribution is 2.23. The number of ether oxygens (including phenoxy) is 1. The van der Waals surface area contributed by atoms with Crippen molar-refractivity contribution < 1.29 is 9.53 Å². The largest absolute Gasteiger partial charge is 0.469 e. The Bertz CT molecular complexity index is 546. The molecule has 2 nitrogen and oxygen atoms in total. The fourth-order valence-corrected chi connectivity index (χ4v) is 2.24. The zero-order valence-electron chi connectivity index (χ0n) is 11.3. The fourth-order valence-electron chi connectivity index (χ4n) is 2.24. The highest BCUT2D eigenvalue weighted by atomic mass is 16.5. The van der Waals surface area contributed by atoms with E-state index in [4.69, 9.17) is 4.74 Å². The van der Waals surface area contributed by atoms with E-state index in [1.54, 1.807) is 0 Å². The number of hydrogen-bond donors (Lipinski definition) is 0. The second-order valence-corrected chi connectivity index (χ2v) is 4.61. The fraction of sp³-hybridized carbons (Fsp3) is 0.235. The van der Waals surface area contributed by atoms with Gasteiger partial charge in [-0.2, -0.15) is 0 Å². The lowest BCUT2D eigenvalue weighted by molar-refractivity contribution is -0.142. The topological polar surface area (TPSA) is 26.3 Å². The molecular formula is C17H18O2. The van der Waals surface area contributed by atoms with E-state index < -0.39 is 0 Å². The second-order valence-electron chi connectivity index (χ2n) is 4.61. The Labute approximate surface area is 114 Å². The maximum atomic E-state index is 11.7. The molecule has 0 spiro atoms. The molecule has 98 valence electrons. The summed E-state index contributed by atoms with van der Waals surface area (Å²) in [6.07, 6.45) is 0.832. The normalized spacial score (nSPS) is 11.9. The molecule has 0 aliphatic heterocycles.